The van der Waals surface area contributed by atoms with Crippen molar-refractivity contribution < 1.29 is 4.74 Å². The largest absolute Gasteiger partial charge is 0.442 e. The Labute approximate surface area is 187 Å². The Morgan fingerprint density at radius 2 is 1.93 bits per heavy atom. The number of nitriles is 1. The molecule has 0 aliphatic heterocycles. The number of aliphatic imine (C=N–C) groups is 1. The van der Waals surface area contributed by atoms with Crippen LogP contribution in [0.1, 0.15) is 11.1 Å². The fourth-order valence-electron chi connectivity index (χ4n) is 2.45. The molecule has 3 aromatic rings. The SMILES string of the molecule is Cc1cc(Oc2snc(-c3ccc(Cl)cc3Cl)c2C#N)c(Cl)cc1N=CN(C)C. The van der Waals surface area contributed by atoms with Gasteiger partial charge in [-0.1, -0.05) is 34.8 Å². The molecule has 0 amide bonds. The minimum Gasteiger partial charge on any atom is -0.442 e. The summed E-state index contributed by atoms with van der Waals surface area (Å²) in [5.41, 5.74) is 2.94. The zero-order chi connectivity index (χ0) is 21.1. The number of aryl methyl sites for hydroxylation is 1. The first kappa shape index (κ1) is 21.4. The minimum absolute atomic E-state index is 0.280. The highest BCUT2D eigenvalue weighted by molar-refractivity contribution is 7.08. The van der Waals surface area contributed by atoms with Gasteiger partial charge in [0.15, 0.2) is 0 Å². The highest BCUT2D eigenvalue weighted by Crippen LogP contribution is 2.42. The molecule has 0 saturated heterocycles. The van der Waals surface area contributed by atoms with Gasteiger partial charge in [-0.3, -0.25) is 0 Å². The first-order valence-electron chi connectivity index (χ1n) is 8.34. The number of nitrogens with zero attached hydrogens (tertiary/aromatic N) is 4. The summed E-state index contributed by atoms with van der Waals surface area (Å²) in [6, 6.07) is 10.7. The van der Waals surface area contributed by atoms with Crippen LogP contribution in [0.2, 0.25) is 15.1 Å². The Morgan fingerprint density at radius 3 is 2.59 bits per heavy atom. The maximum Gasteiger partial charge on any atom is 0.218 e. The predicted octanol–water partition coefficient (Wildman–Crippen LogP) is 6.96. The fraction of sp³-hybridized carbons (Fsp3) is 0.150. The van der Waals surface area contributed by atoms with Crippen molar-refractivity contribution in [1.82, 2.24) is 9.27 Å². The number of halogens is 3. The van der Waals surface area contributed by atoms with Crippen LogP contribution >= 0.6 is 46.3 Å². The standard InChI is InChI=1S/C20H15Cl3N4OS/c1-11-6-18(16(23)8-17(11)25-10-27(2)3)28-20-14(9-24)19(26-29-20)13-5-4-12(21)7-15(13)22/h4-8,10H,1-3H3. The molecule has 1 heterocycles. The molecule has 0 bridgehead atoms. The van der Waals surface area contributed by atoms with Crippen LogP contribution in [0, 0.1) is 18.3 Å². The average molecular weight is 466 g/mol. The van der Waals surface area contributed by atoms with E-state index >= 15 is 0 Å². The molecule has 5 nitrogen and oxygen atoms in total. The van der Waals surface area contributed by atoms with Crippen LogP contribution in [0.3, 0.4) is 0 Å². The topological polar surface area (TPSA) is 61.5 Å². The molecule has 0 aliphatic carbocycles. The van der Waals surface area contributed by atoms with Gasteiger partial charge in [-0.25, -0.2) is 4.99 Å². The smallest absolute Gasteiger partial charge is 0.218 e. The summed E-state index contributed by atoms with van der Waals surface area (Å²) < 4.78 is 10.3. The molecule has 3 rings (SSSR count). The number of aromatic nitrogens is 1. The van der Waals surface area contributed by atoms with E-state index in [1.807, 2.05) is 25.9 Å². The van der Waals surface area contributed by atoms with Crippen molar-refractivity contribution in [3.8, 4) is 28.1 Å². The molecular formula is C20H15Cl3N4OS. The molecule has 0 unspecified atom stereocenters. The first-order chi connectivity index (χ1) is 13.8. The lowest BCUT2D eigenvalue weighted by molar-refractivity contribution is 0.495. The summed E-state index contributed by atoms with van der Waals surface area (Å²) in [6.07, 6.45) is 1.69. The second kappa shape index (κ2) is 9.02. The second-order valence-corrected chi connectivity index (χ2v) is 8.30. The lowest BCUT2D eigenvalue weighted by atomic mass is 10.1. The fourth-order valence-corrected chi connectivity index (χ4v) is 3.87. The molecule has 0 N–H and O–H groups in total. The summed E-state index contributed by atoms with van der Waals surface area (Å²) in [7, 11) is 3.77. The monoisotopic (exact) mass is 464 g/mol. The van der Waals surface area contributed by atoms with E-state index in [4.69, 9.17) is 39.5 Å². The Morgan fingerprint density at radius 1 is 1.17 bits per heavy atom. The van der Waals surface area contributed by atoms with Crippen molar-refractivity contribution in [2.45, 2.75) is 6.92 Å². The molecule has 9 heteroatoms. The van der Waals surface area contributed by atoms with Crippen LogP contribution in [-0.4, -0.2) is 29.7 Å². The maximum atomic E-state index is 9.67. The normalized spacial score (nSPS) is 10.9. The van der Waals surface area contributed by atoms with E-state index in [-0.39, 0.29) is 5.56 Å². The molecule has 0 aliphatic rings. The summed E-state index contributed by atoms with van der Waals surface area (Å²) in [5, 5.41) is 11.3. The van der Waals surface area contributed by atoms with Gasteiger partial charge >= 0.3 is 0 Å². The zero-order valence-corrected chi connectivity index (χ0v) is 18.8. The van der Waals surface area contributed by atoms with Crippen LogP contribution in [0.15, 0.2) is 35.3 Å². The Balaban J connectivity index is 1.97. The van der Waals surface area contributed by atoms with Gasteiger partial charge in [0.25, 0.3) is 0 Å². The third kappa shape index (κ3) is 4.82. The maximum absolute atomic E-state index is 9.67. The van der Waals surface area contributed by atoms with Gasteiger partial charge < -0.3 is 9.64 Å². The molecule has 29 heavy (non-hydrogen) atoms. The van der Waals surface area contributed by atoms with Crippen LogP contribution < -0.4 is 4.74 Å². The lowest BCUT2D eigenvalue weighted by Crippen LogP contribution is -2.07. The molecule has 0 spiro atoms. The van der Waals surface area contributed by atoms with E-state index in [1.165, 1.54) is 0 Å². The van der Waals surface area contributed by atoms with Crippen molar-refractivity contribution in [1.29, 1.82) is 5.26 Å². The molecule has 0 atom stereocenters. The van der Waals surface area contributed by atoms with Gasteiger partial charge in [0.2, 0.25) is 5.06 Å². The summed E-state index contributed by atoms with van der Waals surface area (Å²) in [5.74, 6) is 0.418. The first-order valence-corrected chi connectivity index (χ1v) is 10.2. The number of ether oxygens (including phenoxy) is 1. The van der Waals surface area contributed by atoms with Crippen LogP contribution in [0.4, 0.5) is 5.69 Å². The Hall–Kier alpha value is -2.30. The highest BCUT2D eigenvalue weighted by Gasteiger charge is 2.20. The van der Waals surface area contributed by atoms with E-state index in [9.17, 15) is 5.26 Å². The van der Waals surface area contributed by atoms with Gasteiger partial charge in [-0.15, -0.1) is 0 Å². The van der Waals surface area contributed by atoms with Crippen molar-refractivity contribution in [2.24, 2.45) is 4.99 Å². The molecule has 1 aromatic heterocycles. The van der Waals surface area contributed by atoms with Gasteiger partial charge in [0, 0.05) is 36.2 Å². The summed E-state index contributed by atoms with van der Waals surface area (Å²) in [4.78, 5) is 6.21. The van der Waals surface area contributed by atoms with E-state index < -0.39 is 0 Å². The minimum atomic E-state index is 0.280. The van der Waals surface area contributed by atoms with Crippen molar-refractivity contribution in [3.63, 3.8) is 0 Å². The predicted molar refractivity (Wildman–Crippen MR) is 120 cm³/mol. The average Bonchev–Trinajstić information content (AvgIpc) is 3.05. The summed E-state index contributed by atoms with van der Waals surface area (Å²) in [6.45, 7) is 1.91. The van der Waals surface area contributed by atoms with Gasteiger partial charge in [-0.2, -0.15) is 9.64 Å². The highest BCUT2D eigenvalue weighted by atomic mass is 35.5. The van der Waals surface area contributed by atoms with Crippen LogP contribution in [0.5, 0.6) is 10.8 Å². The molecule has 0 fully saturated rings. The van der Waals surface area contributed by atoms with E-state index in [2.05, 4.69) is 15.4 Å². The third-order valence-corrected chi connectivity index (χ3v) is 5.41. The number of benzene rings is 2. The number of hydrogen-bond acceptors (Lipinski definition) is 5. The third-order valence-electron chi connectivity index (χ3n) is 3.84. The number of rotatable bonds is 5. The zero-order valence-electron chi connectivity index (χ0n) is 15.7. The Bertz CT molecular complexity index is 1140. The van der Waals surface area contributed by atoms with E-state index in [1.54, 1.807) is 36.7 Å². The summed E-state index contributed by atoms with van der Waals surface area (Å²) >= 11 is 19.7. The van der Waals surface area contributed by atoms with Gasteiger partial charge in [-0.05, 0) is 42.8 Å². The van der Waals surface area contributed by atoms with Crippen molar-refractivity contribution >= 4 is 58.4 Å². The number of hydrogen-bond donors (Lipinski definition) is 0. The van der Waals surface area contributed by atoms with Crippen molar-refractivity contribution in [3.05, 3.63) is 56.5 Å². The van der Waals surface area contributed by atoms with E-state index in [0.29, 0.717) is 37.1 Å². The quantitative estimate of drug-likeness (QED) is 0.302. The molecule has 148 valence electrons. The van der Waals surface area contributed by atoms with Gasteiger partial charge in [0.1, 0.15) is 23.1 Å². The second-order valence-electron chi connectivity index (χ2n) is 6.31. The van der Waals surface area contributed by atoms with Crippen LogP contribution in [0.25, 0.3) is 11.3 Å². The van der Waals surface area contributed by atoms with E-state index in [0.717, 1.165) is 22.8 Å². The molecule has 0 radical (unpaired) electrons. The molecule has 2 aromatic carbocycles. The molecular weight excluding hydrogens is 451 g/mol. The van der Waals surface area contributed by atoms with Crippen LogP contribution in [-0.2, 0) is 0 Å². The van der Waals surface area contributed by atoms with Crippen molar-refractivity contribution in [2.75, 3.05) is 14.1 Å². The molecule has 0 saturated carbocycles. The van der Waals surface area contributed by atoms with Gasteiger partial charge in [0.05, 0.1) is 22.1 Å². The lowest BCUT2D eigenvalue weighted by Gasteiger charge is -2.10. The Kier molecular flexibility index (Phi) is 6.66.